The van der Waals surface area contributed by atoms with Crippen LogP contribution in [0.2, 0.25) is 36.3 Å². The van der Waals surface area contributed by atoms with Crippen molar-refractivity contribution in [3.8, 4) is 12.3 Å². The summed E-state index contributed by atoms with van der Waals surface area (Å²) in [4.78, 5) is 0. The number of hydrogen-bond donors (Lipinski definition) is 0. The number of terminal acetylenes is 1. The van der Waals surface area contributed by atoms with E-state index in [-0.39, 0.29) is 28.4 Å². The van der Waals surface area contributed by atoms with Crippen LogP contribution in [-0.2, 0) is 13.6 Å². The van der Waals surface area contributed by atoms with E-state index in [0.717, 1.165) is 0 Å². The van der Waals surface area contributed by atoms with Gasteiger partial charge in [0, 0.05) is 0 Å². The van der Waals surface area contributed by atoms with Crippen LogP contribution in [0, 0.1) is 12.3 Å². The van der Waals surface area contributed by atoms with Crippen molar-refractivity contribution in [2.75, 3.05) is 6.61 Å². The summed E-state index contributed by atoms with van der Waals surface area (Å²) in [6.45, 7) is 23.0. The molecule has 2 unspecified atom stereocenters. The van der Waals surface area contributed by atoms with Crippen LogP contribution >= 0.6 is 0 Å². The van der Waals surface area contributed by atoms with Crippen molar-refractivity contribution in [3.63, 3.8) is 0 Å². The van der Waals surface area contributed by atoms with Gasteiger partial charge in [-0.2, -0.15) is 0 Å². The third-order valence-corrected chi connectivity index (χ3v) is 15.0. The molecule has 0 N–H and O–H groups in total. The molecule has 1 aliphatic heterocycles. The maximum absolute atomic E-state index is 6.59. The Morgan fingerprint density at radius 3 is 1.92 bits per heavy atom. The van der Waals surface area contributed by atoms with Gasteiger partial charge in [0.2, 0.25) is 0 Å². The summed E-state index contributed by atoms with van der Waals surface area (Å²) in [6, 6.07) is 0. The van der Waals surface area contributed by atoms with Crippen molar-refractivity contribution >= 4 is 16.6 Å². The van der Waals surface area contributed by atoms with Gasteiger partial charge in [0.05, 0.1) is 12.7 Å². The molecule has 0 radical (unpaired) electrons. The first-order valence-corrected chi connectivity index (χ1v) is 15.0. The largest absolute Gasteiger partial charge is 0.414 e. The second kappa shape index (κ2) is 7.70. The van der Waals surface area contributed by atoms with Gasteiger partial charge in [-0.25, -0.2) is 0 Å². The van der Waals surface area contributed by atoms with Crippen LogP contribution in [-0.4, -0.2) is 41.6 Å². The molecule has 0 fully saturated rings. The fourth-order valence-electron chi connectivity index (χ4n) is 2.01. The quantitative estimate of drug-likeness (QED) is 0.364. The molecule has 0 saturated carbocycles. The third-order valence-electron chi connectivity index (χ3n) is 5.98. The highest BCUT2D eigenvalue weighted by Crippen LogP contribution is 2.39. The van der Waals surface area contributed by atoms with Gasteiger partial charge in [-0.3, -0.25) is 0 Å². The molecule has 5 heteroatoms. The lowest BCUT2D eigenvalue weighted by atomic mass is 10.1. The Morgan fingerprint density at radius 2 is 1.48 bits per heavy atom. The van der Waals surface area contributed by atoms with Crippen LogP contribution in [0.15, 0.2) is 12.2 Å². The fraction of sp³-hybridized carbons (Fsp3) is 0.800. The fourth-order valence-corrected chi connectivity index (χ4v) is 4.29. The summed E-state index contributed by atoms with van der Waals surface area (Å²) in [7, 11) is -3.75. The molecule has 1 aliphatic rings. The first-order chi connectivity index (χ1) is 11.1. The normalized spacial score (nSPS) is 25.7. The van der Waals surface area contributed by atoms with Gasteiger partial charge in [0.15, 0.2) is 16.6 Å². The molecule has 0 amide bonds. The van der Waals surface area contributed by atoms with Gasteiger partial charge in [-0.05, 0) is 42.3 Å². The van der Waals surface area contributed by atoms with Gasteiger partial charge in [-0.1, -0.05) is 53.5 Å². The molecule has 0 bridgehead atoms. The Bertz CT molecular complexity index is 519. The first-order valence-electron chi connectivity index (χ1n) is 9.22. The summed E-state index contributed by atoms with van der Waals surface area (Å²) in [6.07, 6.45) is 9.02. The summed E-state index contributed by atoms with van der Waals surface area (Å²) in [5, 5.41) is 0.313. The molecule has 3 atom stereocenters. The minimum absolute atomic E-state index is 0.102. The summed E-state index contributed by atoms with van der Waals surface area (Å²) >= 11 is 0. The number of ether oxygens (including phenoxy) is 1. The van der Waals surface area contributed by atoms with E-state index in [1.54, 1.807) is 0 Å². The van der Waals surface area contributed by atoms with E-state index in [0.29, 0.717) is 6.61 Å². The van der Waals surface area contributed by atoms with Crippen molar-refractivity contribution in [3.05, 3.63) is 12.2 Å². The van der Waals surface area contributed by atoms with Gasteiger partial charge < -0.3 is 13.6 Å². The van der Waals surface area contributed by atoms with Crippen LogP contribution in [0.5, 0.6) is 0 Å². The topological polar surface area (TPSA) is 27.7 Å². The lowest BCUT2D eigenvalue weighted by Crippen LogP contribution is -2.51. The first kappa shape index (κ1) is 22.7. The van der Waals surface area contributed by atoms with Gasteiger partial charge >= 0.3 is 0 Å². The van der Waals surface area contributed by atoms with Crippen molar-refractivity contribution in [2.24, 2.45) is 0 Å². The maximum atomic E-state index is 6.59. The highest BCUT2D eigenvalue weighted by Gasteiger charge is 2.43. The average molecular weight is 383 g/mol. The standard InChI is InChI=1S/C20H38O3Si2/c1-12-16-13-14-17(23-25(10,11)20(5,6)7)18(22-16)15-21-24(8,9)19(2,3)4/h1,13-14,16-18H,15H2,2-11H3/t16?,17?,18-/m1/s1. The third kappa shape index (κ3) is 5.80. The van der Waals surface area contributed by atoms with Crippen molar-refractivity contribution < 1.29 is 13.6 Å². The second-order valence-electron chi connectivity index (χ2n) is 10.1. The molecule has 1 heterocycles. The average Bonchev–Trinajstić information content (AvgIpc) is 2.43. The lowest BCUT2D eigenvalue weighted by Gasteiger charge is -2.43. The number of hydrogen-bond acceptors (Lipinski definition) is 3. The van der Waals surface area contributed by atoms with Crippen molar-refractivity contribution in [1.29, 1.82) is 0 Å². The molecule has 1 rings (SSSR count). The van der Waals surface area contributed by atoms with Crippen LogP contribution in [0.3, 0.4) is 0 Å². The maximum Gasteiger partial charge on any atom is 0.193 e. The van der Waals surface area contributed by atoms with E-state index in [1.807, 2.05) is 6.08 Å². The summed E-state index contributed by atoms with van der Waals surface area (Å²) < 4.78 is 19.1. The molecule has 0 aliphatic carbocycles. The van der Waals surface area contributed by atoms with E-state index in [1.165, 1.54) is 0 Å². The van der Waals surface area contributed by atoms with Crippen LogP contribution in [0.25, 0.3) is 0 Å². The molecule has 0 spiro atoms. The Balaban J connectivity index is 2.93. The van der Waals surface area contributed by atoms with E-state index in [4.69, 9.17) is 20.0 Å². The monoisotopic (exact) mass is 382 g/mol. The van der Waals surface area contributed by atoms with Crippen molar-refractivity contribution in [1.82, 2.24) is 0 Å². The van der Waals surface area contributed by atoms with E-state index in [9.17, 15) is 0 Å². The van der Waals surface area contributed by atoms with E-state index in [2.05, 4.69) is 79.7 Å². The van der Waals surface area contributed by atoms with E-state index >= 15 is 0 Å². The van der Waals surface area contributed by atoms with Crippen LogP contribution in [0.1, 0.15) is 41.5 Å². The lowest BCUT2D eigenvalue weighted by molar-refractivity contribution is -0.0558. The number of rotatable bonds is 5. The molecular weight excluding hydrogens is 344 g/mol. The molecular formula is C20H38O3Si2. The van der Waals surface area contributed by atoms with E-state index < -0.39 is 16.6 Å². The summed E-state index contributed by atoms with van der Waals surface area (Å²) in [5.74, 6) is 2.68. The van der Waals surface area contributed by atoms with Crippen LogP contribution < -0.4 is 0 Å². The highest BCUT2D eigenvalue weighted by molar-refractivity contribution is 6.74. The predicted molar refractivity (Wildman–Crippen MR) is 112 cm³/mol. The zero-order valence-corrected chi connectivity index (χ0v) is 19.9. The SMILES string of the molecule is C#CC1C=CC(O[Si](C)(C)C(C)(C)C)[C@@H](CO[Si](C)(C)C(C)(C)C)O1. The minimum atomic E-state index is -1.90. The molecule has 0 aromatic carbocycles. The Kier molecular flexibility index (Phi) is 6.97. The molecule has 0 aromatic heterocycles. The Hall–Kier alpha value is -0.386. The smallest absolute Gasteiger partial charge is 0.193 e. The van der Waals surface area contributed by atoms with Crippen LogP contribution in [0.4, 0.5) is 0 Å². The molecule has 25 heavy (non-hydrogen) atoms. The van der Waals surface area contributed by atoms with Crippen molar-refractivity contribution in [2.45, 2.75) is 96.1 Å². The molecule has 144 valence electrons. The summed E-state index contributed by atoms with van der Waals surface area (Å²) in [5.41, 5.74) is 0. The molecule has 3 nitrogen and oxygen atoms in total. The highest BCUT2D eigenvalue weighted by atomic mass is 28.4. The molecule has 0 saturated heterocycles. The predicted octanol–water partition coefficient (Wildman–Crippen LogP) is 5.36. The Labute approximate surface area is 157 Å². The van der Waals surface area contributed by atoms with Gasteiger partial charge in [0.1, 0.15) is 12.2 Å². The zero-order chi connectivity index (χ0) is 19.7. The minimum Gasteiger partial charge on any atom is -0.414 e. The van der Waals surface area contributed by atoms with Gasteiger partial charge in [-0.15, -0.1) is 6.42 Å². The Morgan fingerprint density at radius 1 is 0.960 bits per heavy atom. The zero-order valence-electron chi connectivity index (χ0n) is 17.9. The second-order valence-corrected chi connectivity index (χ2v) is 19.6. The van der Waals surface area contributed by atoms with Gasteiger partial charge in [0.25, 0.3) is 0 Å². The molecule has 0 aromatic rings.